The van der Waals surface area contributed by atoms with Gasteiger partial charge >= 0.3 is 0 Å². The van der Waals surface area contributed by atoms with Crippen LogP contribution in [0.5, 0.6) is 0 Å². The lowest BCUT2D eigenvalue weighted by Gasteiger charge is -2.35. The number of halogens is 2. The normalized spacial score (nSPS) is 19.9. The molecule has 0 radical (unpaired) electrons. The van der Waals surface area contributed by atoms with E-state index in [1.165, 1.54) is 6.07 Å². The highest BCUT2D eigenvalue weighted by atomic mass is 19.2. The Morgan fingerprint density at radius 3 is 2.78 bits per heavy atom. The first-order valence-electron chi connectivity index (χ1n) is 6.39. The highest BCUT2D eigenvalue weighted by Crippen LogP contribution is 2.22. The average Bonchev–Trinajstić information content (AvgIpc) is 2.41. The van der Waals surface area contributed by atoms with E-state index in [0.717, 1.165) is 37.8 Å². The molecule has 1 aliphatic heterocycles. The van der Waals surface area contributed by atoms with Crippen molar-refractivity contribution in [2.45, 2.75) is 38.6 Å². The summed E-state index contributed by atoms with van der Waals surface area (Å²) in [6.07, 6.45) is 3.99. The molecular formula is C14H17F2NO. The van der Waals surface area contributed by atoms with Crippen LogP contribution in [0.3, 0.4) is 0 Å². The van der Waals surface area contributed by atoms with E-state index in [1.807, 2.05) is 6.92 Å². The van der Waals surface area contributed by atoms with Gasteiger partial charge in [0, 0.05) is 18.2 Å². The molecule has 1 atom stereocenters. The molecule has 1 fully saturated rings. The van der Waals surface area contributed by atoms with Crippen LogP contribution in [0.25, 0.3) is 0 Å². The van der Waals surface area contributed by atoms with Crippen LogP contribution in [0.4, 0.5) is 8.78 Å². The number of amides is 1. The quantitative estimate of drug-likeness (QED) is 0.791. The van der Waals surface area contributed by atoms with Crippen molar-refractivity contribution in [1.82, 2.24) is 4.90 Å². The topological polar surface area (TPSA) is 20.3 Å². The van der Waals surface area contributed by atoms with Gasteiger partial charge in [-0.1, -0.05) is 6.92 Å². The van der Waals surface area contributed by atoms with Crippen molar-refractivity contribution >= 4 is 5.91 Å². The molecule has 0 bridgehead atoms. The van der Waals surface area contributed by atoms with Crippen molar-refractivity contribution < 1.29 is 13.6 Å². The fraction of sp³-hybridized carbons (Fsp3) is 0.500. The number of nitrogens with zero attached hydrogens (tertiary/aromatic N) is 1. The van der Waals surface area contributed by atoms with Gasteiger partial charge in [0.05, 0.1) is 0 Å². The maximum atomic E-state index is 13.1. The predicted octanol–water partition coefficient (Wildman–Crippen LogP) is 3.37. The lowest BCUT2D eigenvalue weighted by molar-refractivity contribution is 0.0607. The molecule has 1 aromatic rings. The van der Waals surface area contributed by atoms with Crippen molar-refractivity contribution in [1.29, 1.82) is 0 Å². The molecule has 1 unspecified atom stereocenters. The van der Waals surface area contributed by atoms with Crippen LogP contribution in [-0.2, 0) is 0 Å². The number of piperidine rings is 1. The smallest absolute Gasteiger partial charge is 0.254 e. The van der Waals surface area contributed by atoms with Crippen molar-refractivity contribution in [3.63, 3.8) is 0 Å². The second kappa shape index (κ2) is 5.46. The minimum Gasteiger partial charge on any atom is -0.336 e. The lowest BCUT2D eigenvalue weighted by atomic mass is 9.99. The summed E-state index contributed by atoms with van der Waals surface area (Å²) in [4.78, 5) is 14.1. The predicted molar refractivity (Wildman–Crippen MR) is 65.3 cm³/mol. The Balaban J connectivity index is 2.21. The first kappa shape index (κ1) is 13.0. The van der Waals surface area contributed by atoms with E-state index in [0.29, 0.717) is 6.54 Å². The van der Waals surface area contributed by atoms with Gasteiger partial charge in [-0.25, -0.2) is 8.78 Å². The van der Waals surface area contributed by atoms with Crippen LogP contribution in [-0.4, -0.2) is 23.4 Å². The minimum absolute atomic E-state index is 0.194. The van der Waals surface area contributed by atoms with Gasteiger partial charge in [-0.2, -0.15) is 0 Å². The fourth-order valence-corrected chi connectivity index (χ4v) is 2.49. The second-order valence-electron chi connectivity index (χ2n) is 4.69. The molecule has 1 amide bonds. The van der Waals surface area contributed by atoms with Gasteiger partial charge in [0.2, 0.25) is 0 Å². The van der Waals surface area contributed by atoms with Crippen molar-refractivity contribution in [2.24, 2.45) is 0 Å². The summed E-state index contributed by atoms with van der Waals surface area (Å²) >= 11 is 0. The summed E-state index contributed by atoms with van der Waals surface area (Å²) in [5, 5.41) is 0. The van der Waals surface area contributed by atoms with E-state index in [4.69, 9.17) is 0 Å². The van der Waals surface area contributed by atoms with E-state index >= 15 is 0 Å². The molecular weight excluding hydrogens is 236 g/mol. The van der Waals surface area contributed by atoms with Crippen LogP contribution in [0.1, 0.15) is 43.0 Å². The molecule has 98 valence electrons. The SMILES string of the molecule is CCC1CCCCN1C(=O)c1ccc(F)c(F)c1. The summed E-state index contributed by atoms with van der Waals surface area (Å²) < 4.78 is 26.0. The number of likely N-dealkylation sites (tertiary alicyclic amines) is 1. The molecule has 4 heteroatoms. The molecule has 2 rings (SSSR count). The van der Waals surface area contributed by atoms with Gasteiger partial charge in [-0.05, 0) is 43.9 Å². The number of carbonyl (C=O) groups excluding carboxylic acids is 1. The maximum absolute atomic E-state index is 13.1. The third-order valence-corrected chi connectivity index (χ3v) is 3.53. The zero-order valence-electron chi connectivity index (χ0n) is 10.5. The first-order chi connectivity index (χ1) is 8.63. The molecule has 0 saturated carbocycles. The summed E-state index contributed by atoms with van der Waals surface area (Å²) in [5.41, 5.74) is 0.231. The number of carbonyl (C=O) groups is 1. The van der Waals surface area contributed by atoms with E-state index in [9.17, 15) is 13.6 Å². The summed E-state index contributed by atoms with van der Waals surface area (Å²) in [5.74, 6) is -2.08. The minimum atomic E-state index is -0.967. The van der Waals surface area contributed by atoms with Crippen LogP contribution >= 0.6 is 0 Å². The van der Waals surface area contributed by atoms with Gasteiger partial charge in [-0.15, -0.1) is 0 Å². The number of benzene rings is 1. The monoisotopic (exact) mass is 253 g/mol. The molecule has 0 spiro atoms. The Morgan fingerprint density at radius 1 is 1.33 bits per heavy atom. The molecule has 0 aliphatic carbocycles. The molecule has 1 aromatic carbocycles. The standard InChI is InChI=1S/C14H17F2NO/c1-2-11-5-3-4-8-17(11)14(18)10-6-7-12(15)13(16)9-10/h6-7,9,11H,2-5,8H2,1H3. The fourth-order valence-electron chi connectivity index (χ4n) is 2.49. The van der Waals surface area contributed by atoms with Crippen LogP contribution < -0.4 is 0 Å². The Kier molecular flexibility index (Phi) is 3.94. The van der Waals surface area contributed by atoms with Crippen LogP contribution in [0.2, 0.25) is 0 Å². The Labute approximate surface area is 106 Å². The summed E-state index contributed by atoms with van der Waals surface area (Å²) in [7, 11) is 0. The van der Waals surface area contributed by atoms with Gasteiger partial charge in [-0.3, -0.25) is 4.79 Å². The Bertz CT molecular complexity index is 447. The maximum Gasteiger partial charge on any atom is 0.254 e. The van der Waals surface area contributed by atoms with Gasteiger partial charge < -0.3 is 4.90 Å². The molecule has 0 aromatic heterocycles. The van der Waals surface area contributed by atoms with Crippen molar-refractivity contribution in [3.05, 3.63) is 35.4 Å². The zero-order valence-corrected chi connectivity index (χ0v) is 10.5. The van der Waals surface area contributed by atoms with E-state index in [-0.39, 0.29) is 17.5 Å². The molecule has 1 heterocycles. The second-order valence-corrected chi connectivity index (χ2v) is 4.69. The van der Waals surface area contributed by atoms with Gasteiger partial charge in [0.25, 0.3) is 5.91 Å². The number of hydrogen-bond acceptors (Lipinski definition) is 1. The van der Waals surface area contributed by atoms with Crippen molar-refractivity contribution in [2.75, 3.05) is 6.54 Å². The Hall–Kier alpha value is -1.45. The van der Waals surface area contributed by atoms with Crippen molar-refractivity contribution in [3.8, 4) is 0 Å². The molecule has 1 aliphatic rings. The third-order valence-electron chi connectivity index (χ3n) is 3.53. The van der Waals surface area contributed by atoms with E-state index < -0.39 is 11.6 Å². The van der Waals surface area contributed by atoms with Gasteiger partial charge in [0.15, 0.2) is 11.6 Å². The molecule has 1 saturated heterocycles. The van der Waals surface area contributed by atoms with Crippen LogP contribution in [0, 0.1) is 11.6 Å². The lowest BCUT2D eigenvalue weighted by Crippen LogP contribution is -2.43. The number of rotatable bonds is 2. The molecule has 2 nitrogen and oxygen atoms in total. The highest BCUT2D eigenvalue weighted by molar-refractivity contribution is 5.94. The van der Waals surface area contributed by atoms with E-state index in [1.54, 1.807) is 4.90 Å². The molecule has 18 heavy (non-hydrogen) atoms. The Morgan fingerprint density at radius 2 is 2.11 bits per heavy atom. The largest absolute Gasteiger partial charge is 0.336 e. The average molecular weight is 253 g/mol. The van der Waals surface area contributed by atoms with E-state index in [2.05, 4.69) is 0 Å². The molecule has 0 N–H and O–H groups in total. The van der Waals surface area contributed by atoms with Gasteiger partial charge in [0.1, 0.15) is 0 Å². The number of hydrogen-bond donors (Lipinski definition) is 0. The zero-order chi connectivity index (χ0) is 13.1. The summed E-state index contributed by atoms with van der Waals surface area (Å²) in [6, 6.07) is 3.56. The van der Waals surface area contributed by atoms with Crippen LogP contribution in [0.15, 0.2) is 18.2 Å². The highest BCUT2D eigenvalue weighted by Gasteiger charge is 2.26. The third kappa shape index (κ3) is 2.52. The first-order valence-corrected chi connectivity index (χ1v) is 6.39. The summed E-state index contributed by atoms with van der Waals surface area (Å²) in [6.45, 7) is 2.75.